The summed E-state index contributed by atoms with van der Waals surface area (Å²) in [5.74, 6) is 0. The zero-order valence-electron chi connectivity index (χ0n) is 36.5. The summed E-state index contributed by atoms with van der Waals surface area (Å²) in [6.07, 6.45) is 0. The Morgan fingerprint density at radius 1 is 0.299 bits per heavy atom. The number of anilines is 3. The Kier molecular flexibility index (Phi) is 8.23. The fraction of sp³-hybridized carbons (Fsp3) is 0.0154. The van der Waals surface area contributed by atoms with Crippen LogP contribution in [-0.4, -0.2) is 0 Å². The van der Waals surface area contributed by atoms with Gasteiger partial charge in [0.15, 0.2) is 0 Å². The summed E-state index contributed by atoms with van der Waals surface area (Å²) in [4.78, 5) is 2.45. The molecular formula is C65H41NO. The van der Waals surface area contributed by atoms with E-state index in [0.29, 0.717) is 0 Å². The van der Waals surface area contributed by atoms with Crippen LogP contribution in [0.1, 0.15) is 22.3 Å². The van der Waals surface area contributed by atoms with Crippen LogP contribution in [0.15, 0.2) is 253 Å². The Hall–Kier alpha value is -8.72. The third kappa shape index (κ3) is 5.57. The first-order valence-electron chi connectivity index (χ1n) is 23.2. The monoisotopic (exact) mass is 851 g/mol. The molecule has 2 nitrogen and oxygen atoms in total. The minimum absolute atomic E-state index is 0.432. The van der Waals surface area contributed by atoms with Gasteiger partial charge in [0.25, 0.3) is 0 Å². The van der Waals surface area contributed by atoms with E-state index in [4.69, 9.17) is 4.42 Å². The van der Waals surface area contributed by atoms with Crippen molar-refractivity contribution in [2.24, 2.45) is 0 Å². The molecule has 0 bridgehead atoms. The predicted octanol–water partition coefficient (Wildman–Crippen LogP) is 17.6. The molecular weight excluding hydrogens is 811 g/mol. The first-order valence-corrected chi connectivity index (χ1v) is 23.2. The highest BCUT2D eigenvalue weighted by Gasteiger charge is 2.52. The van der Waals surface area contributed by atoms with Gasteiger partial charge in [-0.05, 0) is 138 Å². The van der Waals surface area contributed by atoms with Crippen LogP contribution in [-0.2, 0) is 5.41 Å². The van der Waals surface area contributed by atoms with E-state index in [1.165, 1.54) is 77.5 Å². The van der Waals surface area contributed by atoms with Crippen molar-refractivity contribution in [1.29, 1.82) is 0 Å². The van der Waals surface area contributed by atoms with Crippen molar-refractivity contribution in [3.05, 3.63) is 271 Å². The zero-order chi connectivity index (χ0) is 44.1. The highest BCUT2D eigenvalue weighted by molar-refractivity contribution is 6.07. The van der Waals surface area contributed by atoms with E-state index in [1.807, 2.05) is 12.1 Å². The molecule has 0 amide bonds. The Bertz CT molecular complexity index is 3900. The molecule has 2 aliphatic carbocycles. The summed E-state index contributed by atoms with van der Waals surface area (Å²) >= 11 is 0. The molecule has 0 fully saturated rings. The van der Waals surface area contributed by atoms with Gasteiger partial charge in [-0.3, -0.25) is 0 Å². The summed E-state index contributed by atoms with van der Waals surface area (Å²) in [5.41, 5.74) is 22.2. The first-order chi connectivity index (χ1) is 33.2. The van der Waals surface area contributed by atoms with E-state index in [-0.39, 0.29) is 0 Å². The van der Waals surface area contributed by atoms with Crippen molar-refractivity contribution < 1.29 is 4.42 Å². The maximum atomic E-state index is 6.25. The molecule has 0 radical (unpaired) electrons. The van der Waals surface area contributed by atoms with Crippen molar-refractivity contribution in [2.75, 3.05) is 4.90 Å². The third-order valence-electron chi connectivity index (χ3n) is 14.5. The van der Waals surface area contributed by atoms with Crippen LogP contribution < -0.4 is 4.90 Å². The molecule has 0 unspecified atom stereocenters. The van der Waals surface area contributed by atoms with Gasteiger partial charge >= 0.3 is 0 Å². The number of nitrogens with zero attached hydrogens (tertiary/aromatic N) is 1. The van der Waals surface area contributed by atoms with Gasteiger partial charge in [-0.15, -0.1) is 0 Å². The number of para-hydroxylation sites is 2. The number of benzene rings is 11. The summed E-state index contributed by atoms with van der Waals surface area (Å²) in [6.45, 7) is 0. The van der Waals surface area contributed by atoms with E-state index in [2.05, 4.69) is 241 Å². The van der Waals surface area contributed by atoms with E-state index >= 15 is 0 Å². The van der Waals surface area contributed by atoms with Crippen molar-refractivity contribution in [3.8, 4) is 55.6 Å². The number of furan rings is 1. The maximum Gasteiger partial charge on any atom is 0.135 e. The third-order valence-corrected chi connectivity index (χ3v) is 14.5. The molecule has 2 heteroatoms. The quantitative estimate of drug-likeness (QED) is 0.166. The van der Waals surface area contributed by atoms with Gasteiger partial charge in [0, 0.05) is 27.7 Å². The molecule has 0 saturated carbocycles. The molecule has 1 heterocycles. The van der Waals surface area contributed by atoms with Crippen molar-refractivity contribution in [1.82, 2.24) is 0 Å². The number of hydrogen-bond acceptors (Lipinski definition) is 2. The van der Waals surface area contributed by atoms with Crippen molar-refractivity contribution in [2.45, 2.75) is 5.41 Å². The number of rotatable bonds is 6. The zero-order valence-corrected chi connectivity index (χ0v) is 36.5. The second-order valence-corrected chi connectivity index (χ2v) is 17.9. The second kappa shape index (κ2) is 14.7. The molecule has 0 saturated heterocycles. The van der Waals surface area contributed by atoms with E-state index in [9.17, 15) is 0 Å². The molecule has 0 N–H and O–H groups in total. The van der Waals surface area contributed by atoms with Crippen LogP contribution in [0.25, 0.3) is 88.3 Å². The van der Waals surface area contributed by atoms with Gasteiger partial charge in [-0.2, -0.15) is 0 Å². The highest BCUT2D eigenvalue weighted by atomic mass is 16.3. The Morgan fingerprint density at radius 2 is 0.851 bits per heavy atom. The normalized spacial score (nSPS) is 12.9. The van der Waals surface area contributed by atoms with Gasteiger partial charge in [0.1, 0.15) is 11.2 Å². The average molecular weight is 852 g/mol. The lowest BCUT2D eigenvalue weighted by Gasteiger charge is -2.31. The molecule has 0 aliphatic heterocycles. The first kappa shape index (κ1) is 37.6. The lowest BCUT2D eigenvalue weighted by atomic mass is 9.70. The van der Waals surface area contributed by atoms with E-state index < -0.39 is 5.41 Å². The van der Waals surface area contributed by atoms with Crippen molar-refractivity contribution >= 4 is 49.8 Å². The fourth-order valence-electron chi connectivity index (χ4n) is 11.6. The minimum Gasteiger partial charge on any atom is -0.456 e. The molecule has 11 aromatic carbocycles. The minimum atomic E-state index is -0.432. The summed E-state index contributed by atoms with van der Waals surface area (Å²) in [5, 5.41) is 4.73. The van der Waals surface area contributed by atoms with Crippen LogP contribution in [0.4, 0.5) is 17.1 Å². The van der Waals surface area contributed by atoms with Crippen LogP contribution in [0.5, 0.6) is 0 Å². The predicted molar refractivity (Wildman–Crippen MR) is 279 cm³/mol. The smallest absolute Gasteiger partial charge is 0.135 e. The largest absolute Gasteiger partial charge is 0.456 e. The molecule has 312 valence electrons. The molecule has 0 atom stereocenters. The standard InChI is InChI=1S/C65H41NO/c1-2-16-44-39-46(32-31-42(44)15-1)43-33-36-48(37-34-43)66(49-18-13-17-45(40-49)47-35-38-63-56(41-47)53-22-7-12-30-62(53)67-63)61-29-11-6-21-52(61)54-24-14-28-60-64(54)55-23-5-10-27-59(55)65(60)57-25-8-3-19-50(57)51-20-4-9-26-58(51)65/h1-41H. The molecule has 14 rings (SSSR count). The average Bonchev–Trinajstić information content (AvgIpc) is 4.03. The lowest BCUT2D eigenvalue weighted by Crippen LogP contribution is -2.25. The molecule has 2 aliphatic rings. The molecule has 1 aromatic heterocycles. The number of hydrogen-bond donors (Lipinski definition) is 0. The Morgan fingerprint density at radius 3 is 1.66 bits per heavy atom. The molecule has 12 aromatic rings. The molecule has 1 spiro atoms. The summed E-state index contributed by atoms with van der Waals surface area (Å²) in [6, 6.07) is 91.5. The summed E-state index contributed by atoms with van der Waals surface area (Å²) in [7, 11) is 0. The lowest BCUT2D eigenvalue weighted by molar-refractivity contribution is 0.669. The Labute approximate surface area is 389 Å². The van der Waals surface area contributed by atoms with Gasteiger partial charge < -0.3 is 9.32 Å². The molecule has 67 heavy (non-hydrogen) atoms. The number of fused-ring (bicyclic) bond motifs is 14. The van der Waals surface area contributed by atoms with E-state index in [1.54, 1.807) is 0 Å². The van der Waals surface area contributed by atoms with Gasteiger partial charge in [-0.1, -0.05) is 194 Å². The van der Waals surface area contributed by atoms with Gasteiger partial charge in [0.05, 0.1) is 11.1 Å². The van der Waals surface area contributed by atoms with Gasteiger partial charge in [-0.25, -0.2) is 0 Å². The van der Waals surface area contributed by atoms with Crippen LogP contribution in [0, 0.1) is 0 Å². The van der Waals surface area contributed by atoms with Gasteiger partial charge in [0.2, 0.25) is 0 Å². The Balaban J connectivity index is 0.971. The van der Waals surface area contributed by atoms with Crippen LogP contribution >= 0.6 is 0 Å². The van der Waals surface area contributed by atoms with Crippen LogP contribution in [0.2, 0.25) is 0 Å². The highest BCUT2D eigenvalue weighted by Crippen LogP contribution is 2.64. The SMILES string of the molecule is c1cc(-c2ccc3oc4ccccc4c3c2)cc(N(c2ccc(-c3ccc4ccccc4c3)cc2)c2ccccc2-c2cccc3c2-c2ccccc2C32c3ccccc3-c3ccccc32)c1. The van der Waals surface area contributed by atoms with Crippen LogP contribution in [0.3, 0.4) is 0 Å². The maximum absolute atomic E-state index is 6.25. The fourth-order valence-corrected chi connectivity index (χ4v) is 11.6. The van der Waals surface area contributed by atoms with E-state index in [0.717, 1.165) is 50.1 Å². The second-order valence-electron chi connectivity index (χ2n) is 17.9. The summed E-state index contributed by atoms with van der Waals surface area (Å²) < 4.78 is 6.25. The van der Waals surface area contributed by atoms with Crippen molar-refractivity contribution in [3.63, 3.8) is 0 Å². The topological polar surface area (TPSA) is 16.4 Å².